The van der Waals surface area contributed by atoms with Gasteiger partial charge in [-0.2, -0.15) is 0 Å². The maximum atomic E-state index is 9.56. The summed E-state index contributed by atoms with van der Waals surface area (Å²) in [7, 11) is 4.88. The number of ether oxygens (including phenoxy) is 3. The van der Waals surface area contributed by atoms with Crippen molar-refractivity contribution in [2.24, 2.45) is 9.98 Å². The molecule has 138 valence electrons. The van der Waals surface area contributed by atoms with E-state index in [1.807, 2.05) is 24.3 Å². The van der Waals surface area contributed by atoms with Crippen LogP contribution in [0.5, 0.6) is 5.75 Å². The molecule has 1 N–H and O–H groups in total. The van der Waals surface area contributed by atoms with E-state index < -0.39 is 0 Å². The minimum absolute atomic E-state index is 0.0534. The Labute approximate surface area is 149 Å². The fraction of sp³-hybridized carbons (Fsp3) is 0.579. The smallest absolute Gasteiger partial charge is 0.210 e. The van der Waals surface area contributed by atoms with E-state index in [4.69, 9.17) is 24.2 Å². The normalized spacial score (nSPS) is 21.2. The van der Waals surface area contributed by atoms with E-state index in [0.29, 0.717) is 18.2 Å². The van der Waals surface area contributed by atoms with E-state index in [1.54, 1.807) is 21.3 Å². The fourth-order valence-corrected chi connectivity index (χ4v) is 3.15. The maximum Gasteiger partial charge on any atom is 0.210 e. The lowest BCUT2D eigenvalue weighted by Crippen LogP contribution is -2.38. The molecule has 0 fully saturated rings. The first-order valence-corrected chi connectivity index (χ1v) is 8.66. The Hall–Kier alpha value is -2.08. The van der Waals surface area contributed by atoms with Gasteiger partial charge in [0.15, 0.2) is 0 Å². The molecule has 6 nitrogen and oxygen atoms in total. The van der Waals surface area contributed by atoms with Crippen molar-refractivity contribution in [3.8, 4) is 5.75 Å². The first-order valence-electron chi connectivity index (χ1n) is 8.66. The van der Waals surface area contributed by atoms with Crippen LogP contribution in [0.2, 0.25) is 0 Å². The van der Waals surface area contributed by atoms with Gasteiger partial charge >= 0.3 is 0 Å². The molecule has 1 aromatic rings. The van der Waals surface area contributed by atoms with E-state index in [0.717, 1.165) is 24.2 Å². The predicted octanol–water partition coefficient (Wildman–Crippen LogP) is 2.80. The first-order chi connectivity index (χ1) is 12.2. The Morgan fingerprint density at radius 1 is 1.00 bits per heavy atom. The Balaban J connectivity index is 2.37. The highest BCUT2D eigenvalue weighted by atomic mass is 16.5. The van der Waals surface area contributed by atoms with Gasteiger partial charge in [-0.15, -0.1) is 0 Å². The fourth-order valence-electron chi connectivity index (χ4n) is 3.15. The zero-order chi connectivity index (χ0) is 18.2. The molecule has 0 unspecified atom stereocenters. The third-order valence-corrected chi connectivity index (χ3v) is 4.43. The Morgan fingerprint density at radius 2 is 1.68 bits per heavy atom. The second-order valence-electron chi connectivity index (χ2n) is 5.98. The van der Waals surface area contributed by atoms with Gasteiger partial charge in [-0.3, -0.25) is 0 Å². The number of hydrogen-bond acceptors (Lipinski definition) is 6. The summed E-state index contributed by atoms with van der Waals surface area (Å²) < 4.78 is 16.3. The topological polar surface area (TPSA) is 72.6 Å². The molecule has 0 saturated heterocycles. The monoisotopic (exact) mass is 348 g/mol. The van der Waals surface area contributed by atoms with E-state index >= 15 is 0 Å². The van der Waals surface area contributed by atoms with Crippen molar-refractivity contribution in [2.45, 2.75) is 44.2 Å². The second kappa shape index (κ2) is 9.42. The number of nitrogens with zero attached hydrogens (tertiary/aromatic N) is 2. The molecule has 3 atom stereocenters. The summed E-state index contributed by atoms with van der Waals surface area (Å²) >= 11 is 0. The van der Waals surface area contributed by atoms with Gasteiger partial charge in [0.1, 0.15) is 17.8 Å². The summed E-state index contributed by atoms with van der Waals surface area (Å²) in [5, 5.41) is 9.56. The van der Waals surface area contributed by atoms with Crippen LogP contribution in [0.15, 0.2) is 34.3 Å². The third-order valence-electron chi connectivity index (χ3n) is 4.43. The van der Waals surface area contributed by atoms with Crippen LogP contribution in [-0.2, 0) is 9.47 Å². The molecule has 0 spiro atoms. The number of aliphatic hydroxyl groups excluding tert-OH is 1. The lowest BCUT2D eigenvalue weighted by Gasteiger charge is -2.30. The molecular formula is C19H28N2O4. The van der Waals surface area contributed by atoms with Crippen LogP contribution in [-0.4, -0.2) is 56.9 Å². The van der Waals surface area contributed by atoms with Crippen molar-refractivity contribution in [1.82, 2.24) is 0 Å². The van der Waals surface area contributed by atoms with Gasteiger partial charge in [0.05, 0.1) is 21.3 Å². The molecule has 0 amide bonds. The number of hydrogen-bond donors (Lipinski definition) is 1. The predicted molar refractivity (Wildman–Crippen MR) is 98.8 cm³/mol. The average Bonchev–Trinajstić information content (AvgIpc) is 2.66. The standard InChI is InChI=1S/C19H28N2O4/c1-5-6-16-18(24-3)21-17(19(20-16)25-4)15(11-12-22)13-7-9-14(23-2)10-8-13/h7-10,15-17,22H,5-6,11-12H2,1-4H3/t15-,16-,17+/m1/s1. The summed E-state index contributed by atoms with van der Waals surface area (Å²) in [6.45, 7) is 2.16. The quantitative estimate of drug-likeness (QED) is 0.822. The van der Waals surface area contributed by atoms with Gasteiger partial charge in [-0.1, -0.05) is 25.5 Å². The Morgan fingerprint density at radius 3 is 2.20 bits per heavy atom. The number of rotatable bonds is 7. The van der Waals surface area contributed by atoms with E-state index in [2.05, 4.69) is 6.92 Å². The van der Waals surface area contributed by atoms with Gasteiger partial charge in [0.25, 0.3) is 0 Å². The molecule has 0 radical (unpaired) electrons. The van der Waals surface area contributed by atoms with Crippen LogP contribution in [0.1, 0.15) is 37.7 Å². The number of aliphatic imine (C=N–C) groups is 2. The highest BCUT2D eigenvalue weighted by Crippen LogP contribution is 2.31. The molecule has 2 rings (SSSR count). The Kier molecular flexibility index (Phi) is 7.25. The molecule has 25 heavy (non-hydrogen) atoms. The van der Waals surface area contributed by atoms with Crippen LogP contribution >= 0.6 is 0 Å². The van der Waals surface area contributed by atoms with Gasteiger partial charge in [-0.05, 0) is 30.5 Å². The molecule has 1 heterocycles. The largest absolute Gasteiger partial charge is 0.497 e. The number of aliphatic hydroxyl groups is 1. The van der Waals surface area contributed by atoms with Crippen molar-refractivity contribution in [1.29, 1.82) is 0 Å². The second-order valence-corrected chi connectivity index (χ2v) is 5.98. The van der Waals surface area contributed by atoms with Crippen LogP contribution in [0, 0.1) is 0 Å². The highest BCUT2D eigenvalue weighted by molar-refractivity contribution is 5.94. The summed E-state index contributed by atoms with van der Waals surface area (Å²) in [4.78, 5) is 9.51. The molecular weight excluding hydrogens is 320 g/mol. The zero-order valence-electron chi connectivity index (χ0n) is 15.4. The maximum absolute atomic E-state index is 9.56. The molecule has 1 aliphatic rings. The molecule has 0 bridgehead atoms. The minimum Gasteiger partial charge on any atom is -0.497 e. The molecule has 1 aromatic carbocycles. The van der Waals surface area contributed by atoms with Crippen LogP contribution < -0.4 is 4.74 Å². The molecule has 1 aliphatic heterocycles. The van der Waals surface area contributed by atoms with Gasteiger partial charge in [-0.25, -0.2) is 9.98 Å². The van der Waals surface area contributed by atoms with E-state index in [-0.39, 0.29) is 24.6 Å². The first kappa shape index (κ1) is 19.2. The van der Waals surface area contributed by atoms with Crippen LogP contribution in [0.25, 0.3) is 0 Å². The van der Waals surface area contributed by atoms with E-state index in [9.17, 15) is 5.11 Å². The van der Waals surface area contributed by atoms with Crippen molar-refractivity contribution in [2.75, 3.05) is 27.9 Å². The Bertz CT molecular complexity index is 598. The average molecular weight is 348 g/mol. The SMILES string of the molecule is CCC[C@H]1N=C(OC)[C@H]([C@H](CCO)c2ccc(OC)cc2)N=C1OC. The van der Waals surface area contributed by atoms with E-state index in [1.165, 1.54) is 0 Å². The third kappa shape index (κ3) is 4.51. The molecule has 0 aromatic heterocycles. The van der Waals surface area contributed by atoms with Crippen molar-refractivity contribution < 1.29 is 19.3 Å². The van der Waals surface area contributed by atoms with Crippen LogP contribution in [0.3, 0.4) is 0 Å². The summed E-state index contributed by atoms with van der Waals surface area (Å²) in [5.74, 6) is 1.96. The van der Waals surface area contributed by atoms with Crippen molar-refractivity contribution >= 4 is 11.8 Å². The van der Waals surface area contributed by atoms with Crippen molar-refractivity contribution in [3.05, 3.63) is 29.8 Å². The highest BCUT2D eigenvalue weighted by Gasteiger charge is 2.34. The lowest BCUT2D eigenvalue weighted by molar-refractivity contribution is 0.265. The number of benzene rings is 1. The zero-order valence-corrected chi connectivity index (χ0v) is 15.4. The number of methoxy groups -OCH3 is 3. The van der Waals surface area contributed by atoms with Crippen molar-refractivity contribution in [3.63, 3.8) is 0 Å². The minimum atomic E-state index is -0.311. The summed E-state index contributed by atoms with van der Waals surface area (Å²) in [6, 6.07) is 7.39. The van der Waals surface area contributed by atoms with Gasteiger partial charge in [0.2, 0.25) is 11.8 Å². The molecule has 0 saturated carbocycles. The van der Waals surface area contributed by atoms with Crippen LogP contribution in [0.4, 0.5) is 0 Å². The summed E-state index contributed by atoms with van der Waals surface area (Å²) in [5.41, 5.74) is 1.05. The lowest BCUT2D eigenvalue weighted by atomic mass is 9.88. The summed E-state index contributed by atoms with van der Waals surface area (Å²) in [6.07, 6.45) is 2.40. The molecule has 0 aliphatic carbocycles. The molecule has 6 heteroatoms. The van der Waals surface area contributed by atoms with Gasteiger partial charge < -0.3 is 19.3 Å². The van der Waals surface area contributed by atoms with Gasteiger partial charge in [0, 0.05) is 12.5 Å².